The number of carbonyl (C=O) groups is 1. The monoisotopic (exact) mass is 313 g/mol. The summed E-state index contributed by atoms with van der Waals surface area (Å²) >= 11 is 1.39. The molecule has 0 unspecified atom stereocenters. The van der Waals surface area contributed by atoms with Gasteiger partial charge in [-0.3, -0.25) is 4.79 Å². The third-order valence-corrected chi connectivity index (χ3v) is 4.16. The number of hydrogen-bond donors (Lipinski definition) is 1. The molecular weight excluding hydrogens is 298 g/mol. The van der Waals surface area contributed by atoms with Gasteiger partial charge in [0.25, 0.3) is 5.91 Å². The molecule has 5 nitrogen and oxygen atoms in total. The predicted molar refractivity (Wildman–Crippen MR) is 84.7 cm³/mol. The third-order valence-electron chi connectivity index (χ3n) is 3.29. The van der Waals surface area contributed by atoms with E-state index in [1.165, 1.54) is 11.3 Å². The number of rotatable bonds is 4. The van der Waals surface area contributed by atoms with Crippen LogP contribution in [-0.2, 0) is 0 Å². The first-order valence-corrected chi connectivity index (χ1v) is 7.77. The van der Waals surface area contributed by atoms with Gasteiger partial charge in [0.2, 0.25) is 11.7 Å². The Morgan fingerprint density at radius 3 is 2.82 bits per heavy atom. The maximum atomic E-state index is 12.0. The van der Waals surface area contributed by atoms with Crippen molar-refractivity contribution in [3.63, 3.8) is 0 Å². The molecule has 3 aromatic rings. The number of benzene rings is 1. The van der Waals surface area contributed by atoms with Crippen molar-refractivity contribution in [1.29, 1.82) is 0 Å². The topological polar surface area (TPSA) is 68.0 Å². The van der Waals surface area contributed by atoms with Crippen molar-refractivity contribution in [3.05, 3.63) is 58.1 Å². The highest BCUT2D eigenvalue weighted by molar-refractivity contribution is 7.12. The summed E-state index contributed by atoms with van der Waals surface area (Å²) < 4.78 is 5.28. The SMILES string of the molecule is Cc1ccccc1-c1noc([C@H](C)NC(=O)c2cccs2)n1. The molecule has 112 valence electrons. The number of aryl methyl sites for hydroxylation is 1. The minimum atomic E-state index is -0.347. The van der Waals surface area contributed by atoms with Crippen LogP contribution in [0.25, 0.3) is 11.4 Å². The molecule has 1 aromatic carbocycles. The van der Waals surface area contributed by atoms with Crippen LogP contribution in [0.4, 0.5) is 0 Å². The first kappa shape index (κ1) is 14.5. The Labute approximate surface area is 132 Å². The molecule has 0 spiro atoms. The molecule has 0 saturated heterocycles. The van der Waals surface area contributed by atoms with Gasteiger partial charge in [-0.15, -0.1) is 11.3 Å². The summed E-state index contributed by atoms with van der Waals surface area (Å²) in [6.07, 6.45) is 0. The fourth-order valence-electron chi connectivity index (χ4n) is 2.08. The molecule has 1 atom stereocenters. The average Bonchev–Trinajstić information content (AvgIpc) is 3.19. The van der Waals surface area contributed by atoms with Gasteiger partial charge in [0.1, 0.15) is 6.04 Å². The van der Waals surface area contributed by atoms with Crippen LogP contribution < -0.4 is 5.32 Å². The zero-order valence-electron chi connectivity index (χ0n) is 12.2. The van der Waals surface area contributed by atoms with Crippen molar-refractivity contribution in [2.24, 2.45) is 0 Å². The summed E-state index contributed by atoms with van der Waals surface area (Å²) in [5.74, 6) is 0.784. The molecule has 0 aliphatic heterocycles. The van der Waals surface area contributed by atoms with Crippen LogP contribution in [0, 0.1) is 6.92 Å². The van der Waals surface area contributed by atoms with Crippen molar-refractivity contribution in [3.8, 4) is 11.4 Å². The van der Waals surface area contributed by atoms with Gasteiger partial charge >= 0.3 is 0 Å². The van der Waals surface area contributed by atoms with Gasteiger partial charge in [-0.25, -0.2) is 0 Å². The Morgan fingerprint density at radius 1 is 1.27 bits per heavy atom. The Morgan fingerprint density at radius 2 is 2.09 bits per heavy atom. The van der Waals surface area contributed by atoms with Crippen molar-refractivity contribution < 1.29 is 9.32 Å². The molecule has 0 bridgehead atoms. The summed E-state index contributed by atoms with van der Waals surface area (Å²) in [4.78, 5) is 17.1. The number of carbonyl (C=O) groups excluding carboxylic acids is 1. The van der Waals surface area contributed by atoms with E-state index in [0.717, 1.165) is 11.1 Å². The van der Waals surface area contributed by atoms with Crippen LogP contribution in [0.5, 0.6) is 0 Å². The molecular formula is C16H15N3O2S. The molecule has 0 saturated carbocycles. The van der Waals surface area contributed by atoms with Crippen molar-refractivity contribution in [1.82, 2.24) is 15.5 Å². The van der Waals surface area contributed by atoms with Gasteiger partial charge < -0.3 is 9.84 Å². The van der Waals surface area contributed by atoms with Crippen LogP contribution in [0.1, 0.15) is 34.1 Å². The highest BCUT2D eigenvalue weighted by Gasteiger charge is 2.19. The van der Waals surface area contributed by atoms with E-state index in [1.54, 1.807) is 6.07 Å². The highest BCUT2D eigenvalue weighted by atomic mass is 32.1. The molecule has 3 rings (SSSR count). The Bertz CT molecular complexity index is 780. The number of hydrogen-bond acceptors (Lipinski definition) is 5. The normalized spacial score (nSPS) is 12.1. The molecule has 0 aliphatic carbocycles. The molecule has 0 aliphatic rings. The predicted octanol–water partition coefficient (Wildman–Crippen LogP) is 3.60. The zero-order valence-corrected chi connectivity index (χ0v) is 13.1. The van der Waals surface area contributed by atoms with Gasteiger partial charge in [0, 0.05) is 5.56 Å². The van der Waals surface area contributed by atoms with Crippen LogP contribution in [-0.4, -0.2) is 16.0 Å². The summed E-state index contributed by atoms with van der Waals surface area (Å²) in [5.41, 5.74) is 2.00. The lowest BCUT2D eigenvalue weighted by Crippen LogP contribution is -2.26. The van der Waals surface area contributed by atoms with Crippen LogP contribution in [0.3, 0.4) is 0 Å². The van der Waals surface area contributed by atoms with E-state index in [-0.39, 0.29) is 11.9 Å². The summed E-state index contributed by atoms with van der Waals surface area (Å²) in [6.45, 7) is 3.81. The minimum absolute atomic E-state index is 0.141. The molecule has 6 heteroatoms. The van der Waals surface area contributed by atoms with Gasteiger partial charge in [-0.2, -0.15) is 4.98 Å². The second kappa shape index (κ2) is 6.11. The number of amides is 1. The lowest BCUT2D eigenvalue weighted by molar-refractivity contribution is 0.0936. The maximum absolute atomic E-state index is 12.0. The molecule has 1 N–H and O–H groups in total. The Kier molecular flexibility index (Phi) is 4.02. The average molecular weight is 313 g/mol. The fourth-order valence-corrected chi connectivity index (χ4v) is 2.71. The Hall–Kier alpha value is -2.47. The molecule has 2 aromatic heterocycles. The first-order chi connectivity index (χ1) is 10.6. The van der Waals surface area contributed by atoms with Gasteiger partial charge in [0.15, 0.2) is 0 Å². The maximum Gasteiger partial charge on any atom is 0.261 e. The molecule has 2 heterocycles. The van der Waals surface area contributed by atoms with Crippen molar-refractivity contribution in [2.45, 2.75) is 19.9 Å². The van der Waals surface area contributed by atoms with E-state index in [1.807, 2.05) is 49.6 Å². The van der Waals surface area contributed by atoms with E-state index in [9.17, 15) is 4.79 Å². The van der Waals surface area contributed by atoms with Crippen LogP contribution in [0.2, 0.25) is 0 Å². The van der Waals surface area contributed by atoms with Gasteiger partial charge in [-0.1, -0.05) is 35.5 Å². The van der Waals surface area contributed by atoms with E-state index < -0.39 is 0 Å². The second-order valence-corrected chi connectivity index (χ2v) is 5.89. The van der Waals surface area contributed by atoms with Crippen LogP contribution >= 0.6 is 11.3 Å². The summed E-state index contributed by atoms with van der Waals surface area (Å²) in [7, 11) is 0. The number of thiophene rings is 1. The summed E-state index contributed by atoms with van der Waals surface area (Å²) in [6, 6.07) is 11.1. The molecule has 22 heavy (non-hydrogen) atoms. The first-order valence-electron chi connectivity index (χ1n) is 6.89. The van der Waals surface area contributed by atoms with Gasteiger partial charge in [0.05, 0.1) is 4.88 Å². The fraction of sp³-hybridized carbons (Fsp3) is 0.188. The number of nitrogens with one attached hydrogen (secondary N) is 1. The van der Waals surface area contributed by atoms with E-state index in [4.69, 9.17) is 4.52 Å². The molecule has 0 fully saturated rings. The van der Waals surface area contributed by atoms with Gasteiger partial charge in [-0.05, 0) is 30.9 Å². The standard InChI is InChI=1S/C16H15N3O2S/c1-10-6-3-4-7-12(10)14-18-16(21-19-14)11(2)17-15(20)13-8-5-9-22-13/h3-9,11H,1-2H3,(H,17,20)/t11-/m0/s1. The van der Waals surface area contributed by atoms with Crippen LogP contribution in [0.15, 0.2) is 46.3 Å². The lowest BCUT2D eigenvalue weighted by Gasteiger charge is -2.08. The molecule has 0 radical (unpaired) electrons. The minimum Gasteiger partial charge on any atom is -0.340 e. The summed E-state index contributed by atoms with van der Waals surface area (Å²) in [5, 5.41) is 8.72. The van der Waals surface area contributed by atoms with E-state index in [2.05, 4.69) is 15.5 Å². The quantitative estimate of drug-likeness (QED) is 0.799. The zero-order chi connectivity index (χ0) is 15.5. The van der Waals surface area contributed by atoms with Crippen molar-refractivity contribution >= 4 is 17.2 Å². The lowest BCUT2D eigenvalue weighted by atomic mass is 10.1. The van der Waals surface area contributed by atoms with E-state index in [0.29, 0.717) is 16.6 Å². The second-order valence-electron chi connectivity index (χ2n) is 4.94. The third kappa shape index (κ3) is 2.92. The highest BCUT2D eigenvalue weighted by Crippen LogP contribution is 2.22. The number of aromatic nitrogens is 2. The van der Waals surface area contributed by atoms with Crippen molar-refractivity contribution in [2.75, 3.05) is 0 Å². The molecule has 1 amide bonds. The Balaban J connectivity index is 1.76. The smallest absolute Gasteiger partial charge is 0.261 e. The largest absolute Gasteiger partial charge is 0.340 e. The van der Waals surface area contributed by atoms with E-state index >= 15 is 0 Å². The number of nitrogens with zero attached hydrogens (tertiary/aromatic N) is 2.